The van der Waals surface area contributed by atoms with E-state index in [4.69, 9.17) is 9.47 Å². The summed E-state index contributed by atoms with van der Waals surface area (Å²) in [6.07, 6.45) is 7.30. The van der Waals surface area contributed by atoms with Crippen LogP contribution in [0, 0.1) is 0 Å². The lowest BCUT2D eigenvalue weighted by atomic mass is 10.2. The Kier molecular flexibility index (Phi) is 7.86. The maximum atomic E-state index is 11.9. The van der Waals surface area contributed by atoms with Crippen molar-refractivity contribution >= 4 is 18.0 Å². The molecule has 1 aromatic carbocycles. The SMILES string of the molecule is CCOC(=O)COc1ccccc1C=CC(=O)NCCc1cccnc1. The largest absolute Gasteiger partial charge is 0.481 e. The van der Waals surface area contributed by atoms with Gasteiger partial charge in [-0.05, 0) is 37.1 Å². The van der Waals surface area contributed by atoms with E-state index >= 15 is 0 Å². The van der Waals surface area contributed by atoms with Gasteiger partial charge in [0.25, 0.3) is 0 Å². The van der Waals surface area contributed by atoms with Crippen LogP contribution >= 0.6 is 0 Å². The highest BCUT2D eigenvalue weighted by Gasteiger charge is 2.06. The zero-order valence-corrected chi connectivity index (χ0v) is 14.7. The molecule has 0 spiro atoms. The van der Waals surface area contributed by atoms with Crippen LogP contribution in [0.4, 0.5) is 0 Å². The van der Waals surface area contributed by atoms with Crippen molar-refractivity contribution in [3.8, 4) is 5.75 Å². The number of hydrogen-bond acceptors (Lipinski definition) is 5. The Morgan fingerprint density at radius 2 is 2.04 bits per heavy atom. The Hall–Kier alpha value is -3.15. The summed E-state index contributed by atoms with van der Waals surface area (Å²) in [6.45, 7) is 2.40. The van der Waals surface area contributed by atoms with Gasteiger partial charge in [0.2, 0.25) is 5.91 Å². The van der Waals surface area contributed by atoms with Crippen molar-refractivity contribution in [2.24, 2.45) is 0 Å². The van der Waals surface area contributed by atoms with E-state index in [0.29, 0.717) is 30.9 Å². The number of pyridine rings is 1. The number of nitrogens with zero attached hydrogens (tertiary/aromatic N) is 1. The molecule has 1 aromatic heterocycles. The number of hydrogen-bond donors (Lipinski definition) is 1. The summed E-state index contributed by atoms with van der Waals surface area (Å²) in [7, 11) is 0. The van der Waals surface area contributed by atoms with Crippen molar-refractivity contribution in [1.82, 2.24) is 10.3 Å². The summed E-state index contributed by atoms with van der Waals surface area (Å²) in [5, 5.41) is 2.82. The van der Waals surface area contributed by atoms with Crippen molar-refractivity contribution in [3.05, 3.63) is 66.0 Å². The lowest BCUT2D eigenvalue weighted by molar-refractivity contribution is -0.145. The fourth-order valence-electron chi connectivity index (χ4n) is 2.19. The van der Waals surface area contributed by atoms with E-state index in [1.165, 1.54) is 6.08 Å². The number of ether oxygens (including phenoxy) is 2. The van der Waals surface area contributed by atoms with Gasteiger partial charge in [-0.15, -0.1) is 0 Å². The van der Waals surface area contributed by atoms with E-state index in [1.807, 2.05) is 18.2 Å². The molecule has 0 fully saturated rings. The molecular weight excluding hydrogens is 332 g/mol. The third-order valence-corrected chi connectivity index (χ3v) is 3.42. The minimum Gasteiger partial charge on any atom is -0.481 e. The first-order valence-corrected chi connectivity index (χ1v) is 8.41. The minimum absolute atomic E-state index is 0.171. The average molecular weight is 354 g/mol. The number of carbonyl (C=O) groups excluding carboxylic acids is 2. The number of amides is 1. The fraction of sp³-hybridized carbons (Fsp3) is 0.250. The maximum Gasteiger partial charge on any atom is 0.344 e. The Morgan fingerprint density at radius 3 is 2.81 bits per heavy atom. The lowest BCUT2D eigenvalue weighted by Crippen LogP contribution is -2.23. The molecule has 2 aromatic rings. The summed E-state index contributed by atoms with van der Waals surface area (Å²) in [5.74, 6) is -0.117. The summed E-state index contributed by atoms with van der Waals surface area (Å²) in [5.41, 5.74) is 1.77. The van der Waals surface area contributed by atoms with Crippen molar-refractivity contribution in [1.29, 1.82) is 0 Å². The van der Waals surface area contributed by atoms with Gasteiger partial charge >= 0.3 is 5.97 Å². The maximum absolute atomic E-state index is 11.9. The van der Waals surface area contributed by atoms with E-state index < -0.39 is 5.97 Å². The van der Waals surface area contributed by atoms with E-state index in [0.717, 1.165) is 5.56 Å². The normalized spacial score (nSPS) is 10.5. The van der Waals surface area contributed by atoms with Crippen molar-refractivity contribution in [2.45, 2.75) is 13.3 Å². The number of nitrogens with one attached hydrogen (secondary N) is 1. The molecule has 0 aliphatic heterocycles. The van der Waals surface area contributed by atoms with Crippen LogP contribution in [0.5, 0.6) is 5.75 Å². The van der Waals surface area contributed by atoms with Gasteiger partial charge in [0, 0.05) is 30.6 Å². The molecule has 2 rings (SSSR count). The summed E-state index contributed by atoms with van der Waals surface area (Å²) < 4.78 is 10.3. The highest BCUT2D eigenvalue weighted by atomic mass is 16.6. The molecule has 6 nitrogen and oxygen atoms in total. The molecule has 0 bridgehead atoms. The quantitative estimate of drug-likeness (QED) is 0.553. The first kappa shape index (κ1) is 19.2. The molecule has 0 aliphatic carbocycles. The predicted molar refractivity (Wildman–Crippen MR) is 98.6 cm³/mol. The van der Waals surface area contributed by atoms with Gasteiger partial charge in [-0.2, -0.15) is 0 Å². The summed E-state index contributed by atoms with van der Waals surface area (Å²) in [6, 6.07) is 11.0. The number of para-hydroxylation sites is 1. The molecule has 1 amide bonds. The Bertz CT molecular complexity index is 744. The smallest absolute Gasteiger partial charge is 0.344 e. The summed E-state index contributed by atoms with van der Waals surface area (Å²) in [4.78, 5) is 27.4. The molecule has 0 unspecified atom stereocenters. The number of esters is 1. The number of aromatic nitrogens is 1. The van der Waals surface area contributed by atoms with Gasteiger partial charge in [-0.25, -0.2) is 4.79 Å². The Balaban J connectivity index is 1.84. The van der Waals surface area contributed by atoms with Crippen LogP contribution in [-0.2, 0) is 20.7 Å². The van der Waals surface area contributed by atoms with Crippen LogP contribution in [0.3, 0.4) is 0 Å². The van der Waals surface area contributed by atoms with E-state index in [1.54, 1.807) is 43.6 Å². The molecule has 0 saturated carbocycles. The minimum atomic E-state index is -0.431. The molecule has 136 valence electrons. The third-order valence-electron chi connectivity index (χ3n) is 3.42. The molecule has 0 atom stereocenters. The van der Waals surface area contributed by atoms with Crippen molar-refractivity contribution in [3.63, 3.8) is 0 Å². The van der Waals surface area contributed by atoms with Gasteiger partial charge in [0.05, 0.1) is 6.61 Å². The number of carbonyl (C=O) groups is 2. The van der Waals surface area contributed by atoms with Crippen LogP contribution in [0.15, 0.2) is 54.9 Å². The Morgan fingerprint density at radius 1 is 1.19 bits per heavy atom. The second-order valence-electron chi connectivity index (χ2n) is 5.37. The van der Waals surface area contributed by atoms with Crippen molar-refractivity contribution in [2.75, 3.05) is 19.8 Å². The van der Waals surface area contributed by atoms with Gasteiger partial charge in [-0.1, -0.05) is 24.3 Å². The van der Waals surface area contributed by atoms with Crippen LogP contribution in [0.1, 0.15) is 18.1 Å². The molecule has 1 N–H and O–H groups in total. The second-order valence-corrected chi connectivity index (χ2v) is 5.37. The fourth-order valence-corrected chi connectivity index (χ4v) is 2.19. The van der Waals surface area contributed by atoms with E-state index in [9.17, 15) is 9.59 Å². The molecule has 1 heterocycles. The van der Waals surface area contributed by atoms with E-state index in [-0.39, 0.29) is 12.5 Å². The zero-order valence-electron chi connectivity index (χ0n) is 14.7. The third kappa shape index (κ3) is 6.76. The standard InChI is InChI=1S/C20H22N2O4/c1-2-25-20(24)15-26-18-8-4-3-7-17(18)9-10-19(23)22-13-11-16-6-5-12-21-14-16/h3-10,12,14H,2,11,13,15H2,1H3,(H,22,23). The molecule has 0 saturated heterocycles. The molecule has 0 radical (unpaired) electrons. The van der Waals surface area contributed by atoms with Crippen LogP contribution in [-0.4, -0.2) is 36.6 Å². The number of benzene rings is 1. The lowest BCUT2D eigenvalue weighted by Gasteiger charge is -2.08. The average Bonchev–Trinajstić information content (AvgIpc) is 2.66. The Labute approximate surface area is 152 Å². The van der Waals surface area contributed by atoms with Crippen LogP contribution in [0.25, 0.3) is 6.08 Å². The van der Waals surface area contributed by atoms with Crippen molar-refractivity contribution < 1.29 is 19.1 Å². The van der Waals surface area contributed by atoms with Gasteiger partial charge in [-0.3, -0.25) is 9.78 Å². The van der Waals surface area contributed by atoms with Gasteiger partial charge < -0.3 is 14.8 Å². The van der Waals surface area contributed by atoms with E-state index in [2.05, 4.69) is 10.3 Å². The van der Waals surface area contributed by atoms with Crippen LogP contribution in [0.2, 0.25) is 0 Å². The van der Waals surface area contributed by atoms with Crippen LogP contribution < -0.4 is 10.1 Å². The molecular formula is C20H22N2O4. The van der Waals surface area contributed by atoms with Gasteiger partial charge in [0.15, 0.2) is 6.61 Å². The van der Waals surface area contributed by atoms with Gasteiger partial charge in [0.1, 0.15) is 5.75 Å². The highest BCUT2D eigenvalue weighted by molar-refractivity contribution is 5.92. The molecule has 6 heteroatoms. The second kappa shape index (κ2) is 10.7. The predicted octanol–water partition coefficient (Wildman–Crippen LogP) is 2.40. The highest BCUT2D eigenvalue weighted by Crippen LogP contribution is 2.19. The first-order valence-electron chi connectivity index (χ1n) is 8.41. The topological polar surface area (TPSA) is 77.5 Å². The summed E-state index contributed by atoms with van der Waals surface area (Å²) >= 11 is 0. The zero-order chi connectivity index (χ0) is 18.6. The number of rotatable bonds is 9. The first-order chi connectivity index (χ1) is 12.7. The molecule has 0 aliphatic rings. The molecule has 26 heavy (non-hydrogen) atoms. The monoisotopic (exact) mass is 354 g/mol.